The van der Waals surface area contributed by atoms with Crippen LogP contribution in [0.5, 0.6) is 0 Å². The Morgan fingerprint density at radius 2 is 1.03 bits per heavy atom. The van der Waals surface area contributed by atoms with Crippen LogP contribution in [0.4, 0.5) is 0 Å². The van der Waals surface area contributed by atoms with Gasteiger partial charge in [-0.2, -0.15) is 0 Å². The number of carbonyl (C=O) groups is 2. The van der Waals surface area contributed by atoms with Crippen molar-refractivity contribution in [3.8, 4) is 0 Å². The molecule has 0 aliphatic carbocycles. The van der Waals surface area contributed by atoms with E-state index in [4.69, 9.17) is 23.2 Å². The summed E-state index contributed by atoms with van der Waals surface area (Å²) in [5.41, 5.74) is 3.09. The van der Waals surface area contributed by atoms with E-state index < -0.39 is 0 Å². The monoisotopic (exact) mass is 440 g/mol. The van der Waals surface area contributed by atoms with Gasteiger partial charge in [0.1, 0.15) is 0 Å². The molecule has 6 heteroatoms. The topological polar surface area (TPSA) is 58.2 Å². The summed E-state index contributed by atoms with van der Waals surface area (Å²) >= 11 is 11.8. The number of amides is 2. The molecule has 0 atom stereocenters. The minimum absolute atomic E-state index is 0.209. The lowest BCUT2D eigenvalue weighted by Crippen LogP contribution is -2.28. The Bertz CT molecular complexity index is 924. The summed E-state index contributed by atoms with van der Waals surface area (Å²) < 4.78 is 0. The largest absolute Gasteiger partial charge is 0.352 e. The fourth-order valence-corrected chi connectivity index (χ4v) is 3.20. The van der Waals surface area contributed by atoms with Crippen LogP contribution < -0.4 is 10.6 Å². The van der Waals surface area contributed by atoms with E-state index in [1.807, 2.05) is 48.5 Å². The maximum absolute atomic E-state index is 12.4. The van der Waals surface area contributed by atoms with Gasteiger partial charge in [0.2, 0.25) is 0 Å². The van der Waals surface area contributed by atoms with Gasteiger partial charge in [-0.05, 0) is 66.4 Å². The van der Waals surface area contributed by atoms with Gasteiger partial charge in [0.05, 0.1) is 0 Å². The van der Waals surface area contributed by atoms with E-state index in [2.05, 4.69) is 10.6 Å². The van der Waals surface area contributed by atoms with Crippen molar-refractivity contribution in [1.82, 2.24) is 10.6 Å². The van der Waals surface area contributed by atoms with Crippen molar-refractivity contribution >= 4 is 35.0 Å². The molecular weight excluding hydrogens is 419 g/mol. The quantitative estimate of drug-likeness (QED) is 0.521. The molecule has 0 aliphatic heterocycles. The molecule has 3 rings (SSSR count). The second-order valence-electron chi connectivity index (χ2n) is 6.85. The fraction of sp³-hybridized carbons (Fsp3) is 0.167. The van der Waals surface area contributed by atoms with Gasteiger partial charge in [0.25, 0.3) is 11.8 Å². The third-order valence-corrected chi connectivity index (χ3v) is 5.12. The molecule has 0 unspecified atom stereocenters. The Kier molecular flexibility index (Phi) is 7.89. The highest BCUT2D eigenvalue weighted by molar-refractivity contribution is 6.30. The van der Waals surface area contributed by atoms with Crippen molar-refractivity contribution in [1.29, 1.82) is 0 Å². The first-order valence-electron chi connectivity index (χ1n) is 9.66. The summed E-state index contributed by atoms with van der Waals surface area (Å²) in [5, 5.41) is 7.14. The maximum Gasteiger partial charge on any atom is 0.251 e. The van der Waals surface area contributed by atoms with Crippen molar-refractivity contribution in [2.45, 2.75) is 12.8 Å². The molecule has 2 N–H and O–H groups in total. The molecule has 0 fully saturated rings. The van der Waals surface area contributed by atoms with Crippen LogP contribution in [0.25, 0.3) is 0 Å². The standard InChI is InChI=1S/C24H22Cl2N2O2/c25-21-8-4-17(5-9-21)12-14-27-23(29)19-2-1-3-20(16-19)24(30)28-15-13-18-6-10-22(26)11-7-18/h1-11,16H,12-15H2,(H,27,29)(H,28,30). The van der Waals surface area contributed by atoms with E-state index in [0.29, 0.717) is 47.1 Å². The van der Waals surface area contributed by atoms with Crippen LogP contribution in [0.3, 0.4) is 0 Å². The predicted molar refractivity (Wildman–Crippen MR) is 121 cm³/mol. The molecule has 4 nitrogen and oxygen atoms in total. The number of benzene rings is 3. The third-order valence-electron chi connectivity index (χ3n) is 4.61. The third kappa shape index (κ3) is 6.61. The second kappa shape index (κ2) is 10.8. The van der Waals surface area contributed by atoms with Crippen molar-refractivity contribution in [2.75, 3.05) is 13.1 Å². The van der Waals surface area contributed by atoms with E-state index in [9.17, 15) is 9.59 Å². The normalized spacial score (nSPS) is 10.5. The molecule has 0 bridgehead atoms. The van der Waals surface area contributed by atoms with Gasteiger partial charge in [-0.15, -0.1) is 0 Å². The van der Waals surface area contributed by atoms with Crippen LogP contribution in [0.1, 0.15) is 31.8 Å². The first kappa shape index (κ1) is 21.9. The summed E-state index contributed by atoms with van der Waals surface area (Å²) in [7, 11) is 0. The van der Waals surface area contributed by atoms with E-state index in [1.165, 1.54) is 0 Å². The molecule has 0 aromatic heterocycles. The van der Waals surface area contributed by atoms with Gasteiger partial charge in [-0.25, -0.2) is 0 Å². The zero-order chi connectivity index (χ0) is 21.3. The predicted octanol–water partition coefficient (Wildman–Crippen LogP) is 4.94. The van der Waals surface area contributed by atoms with Crippen molar-refractivity contribution in [3.05, 3.63) is 105 Å². The number of rotatable bonds is 8. The lowest BCUT2D eigenvalue weighted by atomic mass is 10.1. The highest BCUT2D eigenvalue weighted by atomic mass is 35.5. The lowest BCUT2D eigenvalue weighted by molar-refractivity contribution is 0.0953. The van der Waals surface area contributed by atoms with Crippen LogP contribution in [-0.4, -0.2) is 24.9 Å². The van der Waals surface area contributed by atoms with Crippen LogP contribution in [0.2, 0.25) is 10.0 Å². The van der Waals surface area contributed by atoms with Gasteiger partial charge in [-0.1, -0.05) is 53.5 Å². The molecule has 3 aromatic rings. The van der Waals surface area contributed by atoms with Gasteiger partial charge >= 0.3 is 0 Å². The summed E-state index contributed by atoms with van der Waals surface area (Å²) in [5.74, 6) is -0.417. The zero-order valence-corrected chi connectivity index (χ0v) is 17.8. The highest BCUT2D eigenvalue weighted by Gasteiger charge is 2.10. The number of halogens is 2. The summed E-state index contributed by atoms with van der Waals surface area (Å²) in [6.45, 7) is 0.996. The Morgan fingerprint density at radius 1 is 0.633 bits per heavy atom. The van der Waals surface area contributed by atoms with Gasteiger partial charge in [0, 0.05) is 34.3 Å². The molecule has 0 radical (unpaired) electrons. The molecule has 154 valence electrons. The molecule has 0 saturated heterocycles. The number of hydrogen-bond donors (Lipinski definition) is 2. The van der Waals surface area contributed by atoms with Crippen LogP contribution >= 0.6 is 23.2 Å². The Hall–Kier alpha value is -2.82. The average molecular weight is 441 g/mol. The SMILES string of the molecule is O=C(NCCc1ccc(Cl)cc1)c1cccc(C(=O)NCCc2ccc(Cl)cc2)c1. The molecule has 30 heavy (non-hydrogen) atoms. The van der Waals surface area contributed by atoms with E-state index in [1.54, 1.807) is 24.3 Å². The minimum Gasteiger partial charge on any atom is -0.352 e. The summed E-state index contributed by atoms with van der Waals surface area (Å²) in [6.07, 6.45) is 1.40. The molecule has 0 spiro atoms. The molecule has 3 aromatic carbocycles. The maximum atomic E-state index is 12.4. The Labute approximate surface area is 186 Å². The van der Waals surface area contributed by atoms with Gasteiger partial charge in [0.15, 0.2) is 0 Å². The molecule has 0 heterocycles. The van der Waals surface area contributed by atoms with Gasteiger partial charge < -0.3 is 10.6 Å². The Morgan fingerprint density at radius 3 is 1.43 bits per heavy atom. The number of nitrogens with one attached hydrogen (secondary N) is 2. The zero-order valence-electron chi connectivity index (χ0n) is 16.3. The lowest BCUT2D eigenvalue weighted by Gasteiger charge is -2.08. The van der Waals surface area contributed by atoms with Gasteiger partial charge in [-0.3, -0.25) is 9.59 Å². The number of carbonyl (C=O) groups excluding carboxylic acids is 2. The van der Waals surface area contributed by atoms with Crippen molar-refractivity contribution in [3.63, 3.8) is 0 Å². The molecule has 0 aliphatic rings. The second-order valence-corrected chi connectivity index (χ2v) is 7.72. The van der Waals surface area contributed by atoms with Crippen LogP contribution in [-0.2, 0) is 12.8 Å². The first-order valence-corrected chi connectivity index (χ1v) is 10.4. The van der Waals surface area contributed by atoms with Crippen LogP contribution in [0, 0.1) is 0 Å². The first-order chi connectivity index (χ1) is 14.5. The van der Waals surface area contributed by atoms with E-state index in [-0.39, 0.29) is 11.8 Å². The van der Waals surface area contributed by atoms with Crippen molar-refractivity contribution in [2.24, 2.45) is 0 Å². The summed E-state index contributed by atoms with van der Waals surface area (Å²) in [6, 6.07) is 21.8. The molecule has 2 amide bonds. The van der Waals surface area contributed by atoms with E-state index in [0.717, 1.165) is 11.1 Å². The number of hydrogen-bond acceptors (Lipinski definition) is 2. The summed E-state index contributed by atoms with van der Waals surface area (Å²) in [4.78, 5) is 24.8. The van der Waals surface area contributed by atoms with Crippen molar-refractivity contribution < 1.29 is 9.59 Å². The fourth-order valence-electron chi connectivity index (χ4n) is 2.95. The van der Waals surface area contributed by atoms with E-state index >= 15 is 0 Å². The van der Waals surface area contributed by atoms with Crippen LogP contribution in [0.15, 0.2) is 72.8 Å². The molecule has 0 saturated carbocycles. The smallest absolute Gasteiger partial charge is 0.251 e. The minimum atomic E-state index is -0.209. The molecular formula is C24H22Cl2N2O2. The average Bonchev–Trinajstić information content (AvgIpc) is 2.76. The highest BCUT2D eigenvalue weighted by Crippen LogP contribution is 2.11. The Balaban J connectivity index is 1.48.